The van der Waals surface area contributed by atoms with E-state index in [1.165, 1.54) is 32.4 Å². The van der Waals surface area contributed by atoms with Crippen molar-refractivity contribution in [3.05, 3.63) is 0 Å². The zero-order valence-electron chi connectivity index (χ0n) is 6.97. The number of rotatable bonds is 2. The van der Waals surface area contributed by atoms with Crippen molar-refractivity contribution in [3.8, 4) is 0 Å². The van der Waals surface area contributed by atoms with Crippen molar-refractivity contribution in [2.24, 2.45) is 0 Å². The molecule has 0 aromatic heterocycles. The number of piperidine rings is 1. The Bertz CT molecular complexity index is 93.6. The molecule has 1 atom stereocenters. The average molecular weight is 159 g/mol. The standard InChI is InChI=1S/C7H17NOSi/c1-9-10(2)8-6-4-3-5-7-8/h10H,3-7H2,1-2H3. The van der Waals surface area contributed by atoms with Gasteiger partial charge in [0.2, 0.25) is 0 Å². The predicted molar refractivity (Wildman–Crippen MR) is 45.4 cm³/mol. The van der Waals surface area contributed by atoms with Crippen LogP contribution < -0.4 is 0 Å². The van der Waals surface area contributed by atoms with Gasteiger partial charge >= 0.3 is 0 Å². The fourth-order valence-corrected chi connectivity index (χ4v) is 2.82. The fraction of sp³-hybridized carbons (Fsp3) is 1.00. The lowest BCUT2D eigenvalue weighted by Gasteiger charge is -2.29. The molecule has 60 valence electrons. The summed E-state index contributed by atoms with van der Waals surface area (Å²) in [6, 6.07) is 0. The van der Waals surface area contributed by atoms with Gasteiger partial charge in [0, 0.05) is 7.11 Å². The minimum absolute atomic E-state index is 0.929. The van der Waals surface area contributed by atoms with Crippen LogP contribution in [-0.4, -0.2) is 34.0 Å². The van der Waals surface area contributed by atoms with E-state index in [0.29, 0.717) is 0 Å². The molecule has 0 radical (unpaired) electrons. The molecule has 2 nitrogen and oxygen atoms in total. The van der Waals surface area contributed by atoms with Crippen molar-refractivity contribution < 1.29 is 4.43 Å². The lowest BCUT2D eigenvalue weighted by molar-refractivity contribution is 0.282. The van der Waals surface area contributed by atoms with Crippen molar-refractivity contribution in [1.29, 1.82) is 0 Å². The van der Waals surface area contributed by atoms with E-state index in [2.05, 4.69) is 11.1 Å². The Morgan fingerprint density at radius 3 is 2.30 bits per heavy atom. The second-order valence-corrected chi connectivity index (χ2v) is 5.33. The van der Waals surface area contributed by atoms with Gasteiger partial charge < -0.3 is 8.99 Å². The molecule has 0 aromatic rings. The topological polar surface area (TPSA) is 12.5 Å². The predicted octanol–water partition coefficient (Wildman–Crippen LogP) is 0.969. The summed E-state index contributed by atoms with van der Waals surface area (Å²) in [7, 11) is 0.909. The highest BCUT2D eigenvalue weighted by Crippen LogP contribution is 2.09. The molecule has 0 amide bonds. The monoisotopic (exact) mass is 159 g/mol. The first-order valence-electron chi connectivity index (χ1n) is 4.11. The molecule has 1 aliphatic rings. The van der Waals surface area contributed by atoms with Gasteiger partial charge in [-0.15, -0.1) is 0 Å². The number of nitrogens with zero attached hydrogens (tertiary/aromatic N) is 1. The minimum atomic E-state index is -0.929. The second-order valence-electron chi connectivity index (χ2n) is 2.93. The molecule has 3 heteroatoms. The molecule has 0 N–H and O–H groups in total. The van der Waals surface area contributed by atoms with Crippen LogP contribution in [0.15, 0.2) is 0 Å². The van der Waals surface area contributed by atoms with Gasteiger partial charge in [-0.25, -0.2) is 0 Å². The lowest BCUT2D eigenvalue weighted by Crippen LogP contribution is -2.42. The summed E-state index contributed by atoms with van der Waals surface area (Å²) < 4.78 is 7.89. The lowest BCUT2D eigenvalue weighted by atomic mass is 10.2. The molecular weight excluding hydrogens is 142 g/mol. The molecule has 1 rings (SSSR count). The maximum atomic E-state index is 5.35. The maximum Gasteiger partial charge on any atom is 0.251 e. The third kappa shape index (κ3) is 2.07. The molecule has 0 aliphatic carbocycles. The molecule has 1 saturated heterocycles. The van der Waals surface area contributed by atoms with E-state index in [1.807, 2.05) is 7.11 Å². The van der Waals surface area contributed by atoms with E-state index in [0.717, 1.165) is 0 Å². The van der Waals surface area contributed by atoms with Crippen LogP contribution in [0.25, 0.3) is 0 Å². The zero-order chi connectivity index (χ0) is 7.40. The van der Waals surface area contributed by atoms with Crippen molar-refractivity contribution in [2.75, 3.05) is 20.2 Å². The largest absolute Gasteiger partial charge is 0.409 e. The Morgan fingerprint density at radius 1 is 1.20 bits per heavy atom. The average Bonchev–Trinajstić information content (AvgIpc) is 2.05. The van der Waals surface area contributed by atoms with Gasteiger partial charge in [-0.3, -0.25) is 0 Å². The summed E-state index contributed by atoms with van der Waals surface area (Å²) >= 11 is 0. The molecule has 1 unspecified atom stereocenters. The summed E-state index contributed by atoms with van der Waals surface area (Å²) in [6.45, 7) is 4.81. The smallest absolute Gasteiger partial charge is 0.251 e. The molecule has 0 saturated carbocycles. The highest BCUT2D eigenvalue weighted by molar-refractivity contribution is 6.46. The molecule has 1 heterocycles. The maximum absolute atomic E-state index is 5.35. The normalized spacial score (nSPS) is 24.6. The van der Waals surface area contributed by atoms with Gasteiger partial charge in [-0.1, -0.05) is 6.42 Å². The van der Waals surface area contributed by atoms with Crippen LogP contribution in [0, 0.1) is 0 Å². The highest BCUT2D eigenvalue weighted by atomic mass is 28.3. The minimum Gasteiger partial charge on any atom is -0.409 e. The van der Waals surface area contributed by atoms with Gasteiger partial charge in [-0.2, -0.15) is 0 Å². The molecule has 0 aromatic carbocycles. The molecular formula is C7H17NOSi. The summed E-state index contributed by atoms with van der Waals surface area (Å²) in [5.74, 6) is 0. The van der Waals surface area contributed by atoms with E-state index in [-0.39, 0.29) is 0 Å². The highest BCUT2D eigenvalue weighted by Gasteiger charge is 2.16. The summed E-state index contributed by atoms with van der Waals surface area (Å²) in [5.41, 5.74) is 0. The Morgan fingerprint density at radius 2 is 1.80 bits per heavy atom. The van der Waals surface area contributed by atoms with E-state index < -0.39 is 9.20 Å². The molecule has 0 spiro atoms. The van der Waals surface area contributed by atoms with E-state index >= 15 is 0 Å². The summed E-state index contributed by atoms with van der Waals surface area (Å²) in [5, 5.41) is 0. The third-order valence-electron chi connectivity index (χ3n) is 2.25. The van der Waals surface area contributed by atoms with Crippen LogP contribution in [0.4, 0.5) is 0 Å². The van der Waals surface area contributed by atoms with Gasteiger partial charge in [0.05, 0.1) is 0 Å². The van der Waals surface area contributed by atoms with E-state index in [4.69, 9.17) is 4.43 Å². The van der Waals surface area contributed by atoms with Crippen molar-refractivity contribution in [3.63, 3.8) is 0 Å². The van der Waals surface area contributed by atoms with Crippen LogP contribution in [-0.2, 0) is 4.43 Å². The van der Waals surface area contributed by atoms with Gasteiger partial charge in [0.15, 0.2) is 0 Å². The van der Waals surface area contributed by atoms with Crippen LogP contribution in [0.2, 0.25) is 6.55 Å². The molecule has 1 aliphatic heterocycles. The Hall–Kier alpha value is 0.137. The van der Waals surface area contributed by atoms with Crippen LogP contribution in [0.5, 0.6) is 0 Å². The van der Waals surface area contributed by atoms with Gasteiger partial charge in [0.25, 0.3) is 9.20 Å². The van der Waals surface area contributed by atoms with Crippen LogP contribution >= 0.6 is 0 Å². The van der Waals surface area contributed by atoms with Gasteiger partial charge in [-0.05, 0) is 32.5 Å². The molecule has 0 bridgehead atoms. The fourth-order valence-electron chi connectivity index (χ4n) is 1.43. The first kappa shape index (κ1) is 8.24. The number of hydrogen-bond donors (Lipinski definition) is 0. The SMILES string of the molecule is CO[SiH](C)N1CCCCC1. The van der Waals surface area contributed by atoms with Gasteiger partial charge in [0.1, 0.15) is 0 Å². The van der Waals surface area contributed by atoms with Crippen LogP contribution in [0.3, 0.4) is 0 Å². The summed E-state index contributed by atoms with van der Waals surface area (Å²) in [6.07, 6.45) is 4.17. The van der Waals surface area contributed by atoms with Crippen molar-refractivity contribution in [1.82, 2.24) is 4.57 Å². The Kier molecular flexibility index (Phi) is 3.38. The Labute approximate surface area is 65.0 Å². The first-order chi connectivity index (χ1) is 4.84. The Balaban J connectivity index is 2.24. The van der Waals surface area contributed by atoms with Crippen LogP contribution in [0.1, 0.15) is 19.3 Å². The van der Waals surface area contributed by atoms with E-state index in [9.17, 15) is 0 Å². The van der Waals surface area contributed by atoms with Crippen molar-refractivity contribution in [2.45, 2.75) is 25.8 Å². The summed E-state index contributed by atoms with van der Waals surface area (Å²) in [4.78, 5) is 0. The quantitative estimate of drug-likeness (QED) is 0.557. The zero-order valence-corrected chi connectivity index (χ0v) is 8.12. The second kappa shape index (κ2) is 4.11. The molecule has 1 fully saturated rings. The molecule has 10 heavy (non-hydrogen) atoms. The van der Waals surface area contributed by atoms with E-state index in [1.54, 1.807) is 0 Å². The van der Waals surface area contributed by atoms with Crippen molar-refractivity contribution >= 4 is 9.20 Å². The third-order valence-corrected chi connectivity index (χ3v) is 4.47. The number of hydrogen-bond acceptors (Lipinski definition) is 2. The first-order valence-corrected chi connectivity index (χ1v) is 6.25.